The van der Waals surface area contributed by atoms with Crippen molar-refractivity contribution >= 4 is 5.69 Å². The summed E-state index contributed by atoms with van der Waals surface area (Å²) in [6.07, 6.45) is 0. The molecule has 2 rings (SSSR count). The van der Waals surface area contributed by atoms with Crippen LogP contribution in [0, 0.1) is 12.7 Å². The van der Waals surface area contributed by atoms with Crippen molar-refractivity contribution in [2.24, 2.45) is 0 Å². The highest BCUT2D eigenvalue weighted by Gasteiger charge is 2.10. The standard InChI is InChI=1S/C16H16F3NO/c1-10-8-13(17)6-7-15(10)20-11(2)12-4-3-5-14(9-12)21-16(18)19/h3-9,11,16,20H,1-2H3. The van der Waals surface area contributed by atoms with Gasteiger partial charge in [-0.1, -0.05) is 12.1 Å². The number of anilines is 1. The molecule has 2 aromatic carbocycles. The summed E-state index contributed by atoms with van der Waals surface area (Å²) in [7, 11) is 0. The fourth-order valence-electron chi connectivity index (χ4n) is 2.07. The predicted molar refractivity (Wildman–Crippen MR) is 76.2 cm³/mol. The van der Waals surface area contributed by atoms with Gasteiger partial charge in [0.1, 0.15) is 11.6 Å². The predicted octanol–water partition coefficient (Wildman–Crippen LogP) is 4.91. The summed E-state index contributed by atoms with van der Waals surface area (Å²) in [6, 6.07) is 10.8. The minimum absolute atomic E-state index is 0.118. The Morgan fingerprint density at radius 3 is 2.52 bits per heavy atom. The molecular weight excluding hydrogens is 279 g/mol. The molecular formula is C16H16F3NO. The first-order valence-corrected chi connectivity index (χ1v) is 6.53. The van der Waals surface area contributed by atoms with E-state index in [1.165, 1.54) is 18.2 Å². The molecule has 0 fully saturated rings. The molecule has 1 N–H and O–H groups in total. The van der Waals surface area contributed by atoms with E-state index in [1.54, 1.807) is 25.1 Å². The maximum atomic E-state index is 13.1. The number of nitrogens with one attached hydrogen (secondary N) is 1. The molecule has 0 bridgehead atoms. The van der Waals surface area contributed by atoms with E-state index in [2.05, 4.69) is 10.1 Å². The zero-order chi connectivity index (χ0) is 15.4. The number of aryl methyl sites for hydroxylation is 1. The molecule has 0 spiro atoms. The molecule has 0 saturated heterocycles. The fraction of sp³-hybridized carbons (Fsp3) is 0.250. The first kappa shape index (κ1) is 15.2. The van der Waals surface area contributed by atoms with E-state index in [9.17, 15) is 13.2 Å². The Morgan fingerprint density at radius 2 is 1.86 bits per heavy atom. The monoisotopic (exact) mass is 295 g/mol. The van der Waals surface area contributed by atoms with Gasteiger partial charge >= 0.3 is 6.61 Å². The van der Waals surface area contributed by atoms with Crippen molar-refractivity contribution in [1.82, 2.24) is 0 Å². The van der Waals surface area contributed by atoms with Gasteiger partial charge in [-0.25, -0.2) is 4.39 Å². The third kappa shape index (κ3) is 4.15. The molecule has 0 radical (unpaired) electrons. The molecule has 0 aliphatic carbocycles. The van der Waals surface area contributed by atoms with Crippen LogP contribution in [0.4, 0.5) is 18.9 Å². The molecule has 5 heteroatoms. The first-order valence-electron chi connectivity index (χ1n) is 6.53. The van der Waals surface area contributed by atoms with Crippen LogP contribution in [0.5, 0.6) is 5.75 Å². The van der Waals surface area contributed by atoms with E-state index in [4.69, 9.17) is 0 Å². The van der Waals surface area contributed by atoms with Crippen molar-refractivity contribution in [3.8, 4) is 5.75 Å². The number of alkyl halides is 2. The van der Waals surface area contributed by atoms with Crippen LogP contribution >= 0.6 is 0 Å². The van der Waals surface area contributed by atoms with E-state index in [0.717, 1.165) is 16.8 Å². The van der Waals surface area contributed by atoms with Gasteiger partial charge in [0.15, 0.2) is 0 Å². The van der Waals surface area contributed by atoms with Gasteiger partial charge in [0.25, 0.3) is 0 Å². The SMILES string of the molecule is Cc1cc(F)ccc1NC(C)c1cccc(OC(F)F)c1. The van der Waals surface area contributed by atoms with Gasteiger partial charge in [0.05, 0.1) is 0 Å². The number of halogens is 3. The Bertz CT molecular complexity index is 616. The van der Waals surface area contributed by atoms with Gasteiger partial charge in [-0.15, -0.1) is 0 Å². The Hall–Kier alpha value is -2.17. The van der Waals surface area contributed by atoms with Crippen LogP contribution in [0.3, 0.4) is 0 Å². The van der Waals surface area contributed by atoms with Crippen LogP contribution < -0.4 is 10.1 Å². The van der Waals surface area contributed by atoms with E-state index in [-0.39, 0.29) is 17.6 Å². The van der Waals surface area contributed by atoms with Crippen LogP contribution in [0.25, 0.3) is 0 Å². The number of ether oxygens (including phenoxy) is 1. The Kier molecular flexibility index (Phi) is 4.73. The molecule has 0 aromatic heterocycles. The van der Waals surface area contributed by atoms with Crippen LogP contribution in [0.2, 0.25) is 0 Å². The Labute approximate surface area is 121 Å². The largest absolute Gasteiger partial charge is 0.435 e. The van der Waals surface area contributed by atoms with Crippen LogP contribution in [-0.4, -0.2) is 6.61 Å². The molecule has 0 aliphatic heterocycles. The molecule has 112 valence electrons. The van der Waals surface area contributed by atoms with Crippen molar-refractivity contribution in [1.29, 1.82) is 0 Å². The molecule has 2 nitrogen and oxygen atoms in total. The minimum Gasteiger partial charge on any atom is -0.435 e. The summed E-state index contributed by atoms with van der Waals surface area (Å²) >= 11 is 0. The summed E-state index contributed by atoms with van der Waals surface area (Å²) in [4.78, 5) is 0. The Morgan fingerprint density at radius 1 is 1.10 bits per heavy atom. The fourth-order valence-corrected chi connectivity index (χ4v) is 2.07. The Balaban J connectivity index is 2.14. The highest BCUT2D eigenvalue weighted by Crippen LogP contribution is 2.25. The second kappa shape index (κ2) is 6.52. The van der Waals surface area contributed by atoms with Crippen molar-refractivity contribution in [3.05, 3.63) is 59.4 Å². The van der Waals surface area contributed by atoms with E-state index < -0.39 is 6.61 Å². The summed E-state index contributed by atoms with van der Waals surface area (Å²) < 4.78 is 41.9. The summed E-state index contributed by atoms with van der Waals surface area (Å²) in [5.41, 5.74) is 2.38. The van der Waals surface area contributed by atoms with Gasteiger partial charge in [0.2, 0.25) is 0 Å². The highest BCUT2D eigenvalue weighted by molar-refractivity contribution is 5.52. The number of rotatable bonds is 5. The summed E-state index contributed by atoms with van der Waals surface area (Å²) in [5.74, 6) is -0.176. The highest BCUT2D eigenvalue weighted by atomic mass is 19.3. The maximum absolute atomic E-state index is 13.1. The molecule has 1 atom stereocenters. The third-order valence-corrected chi connectivity index (χ3v) is 3.14. The summed E-state index contributed by atoms with van der Waals surface area (Å²) in [5, 5.41) is 3.22. The third-order valence-electron chi connectivity index (χ3n) is 3.14. The molecule has 1 unspecified atom stereocenters. The molecule has 0 heterocycles. The lowest BCUT2D eigenvalue weighted by Gasteiger charge is -2.18. The summed E-state index contributed by atoms with van der Waals surface area (Å²) in [6.45, 7) is 0.849. The van der Waals surface area contributed by atoms with Crippen LogP contribution in [0.1, 0.15) is 24.1 Å². The van der Waals surface area contributed by atoms with Gasteiger partial charge in [-0.3, -0.25) is 0 Å². The second-order valence-corrected chi connectivity index (χ2v) is 4.78. The van der Waals surface area contributed by atoms with Gasteiger partial charge < -0.3 is 10.1 Å². The molecule has 0 amide bonds. The van der Waals surface area contributed by atoms with Crippen molar-refractivity contribution in [2.45, 2.75) is 26.5 Å². The first-order chi connectivity index (χ1) is 9.95. The lowest BCUT2D eigenvalue weighted by Crippen LogP contribution is -2.09. The average Bonchev–Trinajstić information content (AvgIpc) is 2.41. The minimum atomic E-state index is -2.84. The van der Waals surface area contributed by atoms with Crippen LogP contribution in [0.15, 0.2) is 42.5 Å². The zero-order valence-corrected chi connectivity index (χ0v) is 11.7. The zero-order valence-electron chi connectivity index (χ0n) is 11.7. The number of benzene rings is 2. The lowest BCUT2D eigenvalue weighted by atomic mass is 10.1. The molecule has 0 aliphatic rings. The molecule has 0 saturated carbocycles. The van der Waals surface area contributed by atoms with E-state index >= 15 is 0 Å². The van der Waals surface area contributed by atoms with Crippen molar-refractivity contribution in [3.63, 3.8) is 0 Å². The van der Waals surface area contributed by atoms with Gasteiger partial charge in [-0.2, -0.15) is 8.78 Å². The number of hydrogen-bond donors (Lipinski definition) is 1. The lowest BCUT2D eigenvalue weighted by molar-refractivity contribution is -0.0498. The van der Waals surface area contributed by atoms with Crippen molar-refractivity contribution < 1.29 is 17.9 Å². The number of hydrogen-bond acceptors (Lipinski definition) is 2. The van der Waals surface area contributed by atoms with Gasteiger partial charge in [-0.05, 0) is 55.3 Å². The molecule has 2 aromatic rings. The molecule has 21 heavy (non-hydrogen) atoms. The quantitative estimate of drug-likeness (QED) is 0.846. The van der Waals surface area contributed by atoms with E-state index in [1.807, 2.05) is 13.0 Å². The van der Waals surface area contributed by atoms with E-state index in [0.29, 0.717) is 0 Å². The van der Waals surface area contributed by atoms with Crippen molar-refractivity contribution in [2.75, 3.05) is 5.32 Å². The topological polar surface area (TPSA) is 21.3 Å². The average molecular weight is 295 g/mol. The maximum Gasteiger partial charge on any atom is 0.387 e. The normalized spacial score (nSPS) is 12.3. The van der Waals surface area contributed by atoms with Gasteiger partial charge in [0, 0.05) is 11.7 Å². The smallest absolute Gasteiger partial charge is 0.387 e. The van der Waals surface area contributed by atoms with Crippen LogP contribution in [-0.2, 0) is 0 Å². The second-order valence-electron chi connectivity index (χ2n) is 4.78.